The van der Waals surface area contributed by atoms with Gasteiger partial charge < -0.3 is 20.6 Å². The molecule has 0 aromatic heterocycles. The molecule has 1 rings (SSSR count). The third kappa shape index (κ3) is 2.25. The Kier molecular flexibility index (Phi) is 3.97. The third-order valence-corrected chi connectivity index (χ3v) is 2.52. The number of aliphatic hydroxyl groups excluding tert-OH is 3. The van der Waals surface area contributed by atoms with Gasteiger partial charge in [-0.05, 0) is 0 Å². The molecule has 1 aliphatic heterocycles. The second-order valence-electron chi connectivity index (χ2n) is 3.47. The summed E-state index contributed by atoms with van der Waals surface area (Å²) < 4.78 is 13.3. The molecular formula is C8H15FN2O4. The Hall–Kier alpha value is -0.760. The van der Waals surface area contributed by atoms with Gasteiger partial charge >= 0.3 is 0 Å². The monoisotopic (exact) mass is 222 g/mol. The van der Waals surface area contributed by atoms with Crippen LogP contribution in [-0.4, -0.2) is 65.3 Å². The number of halogens is 1. The van der Waals surface area contributed by atoms with Gasteiger partial charge in [-0.1, -0.05) is 0 Å². The summed E-state index contributed by atoms with van der Waals surface area (Å²) >= 11 is 0. The van der Waals surface area contributed by atoms with Crippen molar-refractivity contribution in [2.45, 2.75) is 30.5 Å². The number of likely N-dealkylation sites (N-methyl/N-ethyl adjacent to an activating group) is 1. The van der Waals surface area contributed by atoms with Crippen LogP contribution in [0.2, 0.25) is 0 Å². The number of amides is 1. The Balaban J connectivity index is 2.78. The first kappa shape index (κ1) is 12.3. The summed E-state index contributed by atoms with van der Waals surface area (Å²) in [5.41, 5.74) is 0. The van der Waals surface area contributed by atoms with Gasteiger partial charge in [0.25, 0.3) is 0 Å². The summed E-state index contributed by atoms with van der Waals surface area (Å²) in [5, 5.41) is 32.3. The fraction of sp³-hybridized carbons (Fsp3) is 0.875. The summed E-state index contributed by atoms with van der Waals surface area (Å²) in [5.74, 6) is -0.563. The van der Waals surface area contributed by atoms with Crippen LogP contribution in [0.5, 0.6) is 0 Å². The molecule has 0 aliphatic carbocycles. The molecule has 1 heterocycles. The molecule has 1 fully saturated rings. The highest BCUT2D eigenvalue weighted by molar-refractivity contribution is 5.82. The highest BCUT2D eigenvalue weighted by atomic mass is 19.1. The van der Waals surface area contributed by atoms with Gasteiger partial charge in [-0.25, -0.2) is 4.39 Å². The Labute approximate surface area is 86.1 Å². The van der Waals surface area contributed by atoms with Crippen molar-refractivity contribution in [3.8, 4) is 0 Å². The predicted molar refractivity (Wildman–Crippen MR) is 48.8 cm³/mol. The SMILES string of the molecule is CNC(=O)[C@H]1NC(CO)[C@@H](F)[C@H](O)[C@@H]1O. The second-order valence-corrected chi connectivity index (χ2v) is 3.47. The number of piperidine rings is 1. The van der Waals surface area contributed by atoms with Crippen molar-refractivity contribution in [1.29, 1.82) is 0 Å². The number of nitrogens with one attached hydrogen (secondary N) is 2. The van der Waals surface area contributed by atoms with Crippen LogP contribution < -0.4 is 10.6 Å². The quantitative estimate of drug-likeness (QED) is 0.345. The number of hydrogen-bond donors (Lipinski definition) is 5. The summed E-state index contributed by atoms with van der Waals surface area (Å²) in [6.45, 7) is -0.557. The van der Waals surface area contributed by atoms with Gasteiger partial charge in [0.1, 0.15) is 24.4 Å². The lowest BCUT2D eigenvalue weighted by Gasteiger charge is -2.38. The van der Waals surface area contributed by atoms with Gasteiger partial charge in [-0.15, -0.1) is 0 Å². The van der Waals surface area contributed by atoms with Crippen LogP contribution in [0.1, 0.15) is 0 Å². The number of hydrogen-bond acceptors (Lipinski definition) is 5. The Morgan fingerprint density at radius 2 is 2.07 bits per heavy atom. The average molecular weight is 222 g/mol. The standard InChI is InChI=1S/C8H15FN2O4/c1-10-8(15)5-7(14)6(13)4(9)3(2-12)11-5/h3-7,11-14H,2H2,1H3,(H,10,15)/t3?,4-,5+,6+,7-/m1/s1. The van der Waals surface area contributed by atoms with Crippen molar-refractivity contribution in [2.75, 3.05) is 13.7 Å². The molecule has 15 heavy (non-hydrogen) atoms. The second kappa shape index (κ2) is 4.84. The summed E-state index contributed by atoms with van der Waals surface area (Å²) in [7, 11) is 1.36. The summed E-state index contributed by atoms with van der Waals surface area (Å²) in [4.78, 5) is 11.2. The lowest BCUT2D eigenvalue weighted by molar-refractivity contribution is -0.137. The molecule has 0 aromatic rings. The van der Waals surface area contributed by atoms with E-state index >= 15 is 0 Å². The van der Waals surface area contributed by atoms with Gasteiger partial charge in [0.2, 0.25) is 5.91 Å². The highest BCUT2D eigenvalue weighted by Gasteiger charge is 2.45. The molecule has 0 saturated carbocycles. The van der Waals surface area contributed by atoms with Gasteiger partial charge in [0.05, 0.1) is 12.6 Å². The van der Waals surface area contributed by atoms with Gasteiger partial charge in [0.15, 0.2) is 0 Å². The first-order chi connectivity index (χ1) is 7.02. The van der Waals surface area contributed by atoms with E-state index in [0.717, 1.165) is 0 Å². The van der Waals surface area contributed by atoms with Crippen molar-refractivity contribution >= 4 is 5.91 Å². The minimum absolute atomic E-state index is 0.557. The van der Waals surface area contributed by atoms with E-state index in [2.05, 4.69) is 10.6 Å². The Morgan fingerprint density at radius 3 is 2.53 bits per heavy atom. The predicted octanol–water partition coefficient (Wildman–Crippen LogP) is -2.87. The van der Waals surface area contributed by atoms with Crippen LogP contribution in [0.3, 0.4) is 0 Å². The lowest BCUT2D eigenvalue weighted by atomic mass is 9.91. The molecule has 7 heteroatoms. The van der Waals surface area contributed by atoms with E-state index < -0.39 is 43.0 Å². The van der Waals surface area contributed by atoms with Gasteiger partial charge in [0, 0.05) is 7.05 Å². The minimum Gasteiger partial charge on any atom is -0.395 e. The van der Waals surface area contributed by atoms with Crippen molar-refractivity contribution in [3.63, 3.8) is 0 Å². The molecular weight excluding hydrogens is 207 g/mol. The van der Waals surface area contributed by atoms with E-state index in [0.29, 0.717) is 0 Å². The normalized spacial score (nSPS) is 41.3. The van der Waals surface area contributed by atoms with Crippen molar-refractivity contribution in [3.05, 3.63) is 0 Å². The zero-order valence-corrected chi connectivity index (χ0v) is 8.22. The molecule has 0 spiro atoms. The zero-order chi connectivity index (χ0) is 11.6. The highest BCUT2D eigenvalue weighted by Crippen LogP contribution is 2.18. The summed E-state index contributed by atoms with van der Waals surface area (Å²) in [6, 6.07) is -2.17. The first-order valence-electron chi connectivity index (χ1n) is 4.61. The van der Waals surface area contributed by atoms with E-state index in [4.69, 9.17) is 5.11 Å². The van der Waals surface area contributed by atoms with E-state index in [9.17, 15) is 19.4 Å². The maximum atomic E-state index is 13.3. The molecule has 5 atom stereocenters. The number of rotatable bonds is 2. The number of alkyl halides is 1. The van der Waals surface area contributed by atoms with Crippen molar-refractivity contribution in [2.24, 2.45) is 0 Å². The maximum absolute atomic E-state index is 13.3. The van der Waals surface area contributed by atoms with Crippen LogP contribution >= 0.6 is 0 Å². The fourth-order valence-electron chi connectivity index (χ4n) is 1.58. The van der Waals surface area contributed by atoms with Crippen LogP contribution in [0, 0.1) is 0 Å². The van der Waals surface area contributed by atoms with E-state index in [1.54, 1.807) is 0 Å². The topological polar surface area (TPSA) is 102 Å². The lowest BCUT2D eigenvalue weighted by Crippen LogP contribution is -2.68. The molecule has 1 aliphatic rings. The van der Waals surface area contributed by atoms with E-state index in [1.807, 2.05) is 0 Å². The van der Waals surface area contributed by atoms with Crippen molar-refractivity contribution < 1.29 is 24.5 Å². The Bertz CT molecular complexity index is 239. The third-order valence-electron chi connectivity index (χ3n) is 2.52. The van der Waals surface area contributed by atoms with Crippen LogP contribution in [-0.2, 0) is 4.79 Å². The van der Waals surface area contributed by atoms with Crippen LogP contribution in [0.25, 0.3) is 0 Å². The average Bonchev–Trinajstić information content (AvgIpc) is 2.25. The number of carbonyl (C=O) groups is 1. The fourth-order valence-corrected chi connectivity index (χ4v) is 1.58. The largest absolute Gasteiger partial charge is 0.395 e. The molecule has 6 nitrogen and oxygen atoms in total. The molecule has 1 saturated heterocycles. The van der Waals surface area contributed by atoms with Crippen LogP contribution in [0.4, 0.5) is 4.39 Å². The minimum atomic E-state index is -1.80. The molecule has 0 radical (unpaired) electrons. The van der Waals surface area contributed by atoms with Gasteiger partial charge in [-0.3, -0.25) is 10.1 Å². The molecule has 0 bridgehead atoms. The maximum Gasteiger partial charge on any atom is 0.239 e. The zero-order valence-electron chi connectivity index (χ0n) is 8.22. The number of carbonyl (C=O) groups excluding carboxylic acids is 1. The molecule has 1 amide bonds. The smallest absolute Gasteiger partial charge is 0.239 e. The van der Waals surface area contributed by atoms with E-state index in [1.165, 1.54) is 7.05 Å². The molecule has 5 N–H and O–H groups in total. The summed E-state index contributed by atoms with van der Waals surface area (Å²) in [6.07, 6.45) is -5.00. The Morgan fingerprint density at radius 1 is 1.47 bits per heavy atom. The molecule has 1 unspecified atom stereocenters. The number of aliphatic hydroxyl groups is 3. The van der Waals surface area contributed by atoms with Crippen molar-refractivity contribution in [1.82, 2.24) is 10.6 Å². The first-order valence-corrected chi connectivity index (χ1v) is 4.61. The molecule has 0 aromatic carbocycles. The molecule has 88 valence electrons. The van der Waals surface area contributed by atoms with Crippen LogP contribution in [0.15, 0.2) is 0 Å². The van der Waals surface area contributed by atoms with E-state index in [-0.39, 0.29) is 0 Å². The van der Waals surface area contributed by atoms with Gasteiger partial charge in [-0.2, -0.15) is 0 Å².